The van der Waals surface area contributed by atoms with Gasteiger partial charge in [-0.25, -0.2) is 20.0 Å². The Morgan fingerprint density at radius 2 is 1.97 bits per heavy atom. The van der Waals surface area contributed by atoms with E-state index in [2.05, 4.69) is 20.0 Å². The summed E-state index contributed by atoms with van der Waals surface area (Å²) in [6.45, 7) is 7.75. The topological polar surface area (TPSA) is 161 Å². The zero-order valence-corrected chi connectivity index (χ0v) is 23.4. The van der Waals surface area contributed by atoms with Crippen LogP contribution in [0.2, 0.25) is 0 Å². The third-order valence-corrected chi connectivity index (χ3v) is 9.36. The number of imidazole rings is 1. The van der Waals surface area contributed by atoms with E-state index in [0.29, 0.717) is 24.1 Å². The molecular formula is C22H37N6O6PS. The number of nitrogens with zero attached hydrogens (tertiary/aromatic N) is 4. The van der Waals surface area contributed by atoms with E-state index in [1.54, 1.807) is 38.6 Å². The lowest BCUT2D eigenvalue weighted by Crippen LogP contribution is -2.46. The van der Waals surface area contributed by atoms with Gasteiger partial charge in [-0.05, 0) is 41.0 Å². The van der Waals surface area contributed by atoms with Gasteiger partial charge in [-0.3, -0.25) is 14.2 Å². The SMILES string of the molecule is CCCOC(=O)C(C)(C)N[P@@](=O)(CO[C@H](C)Cn1cnc2c(N)ncnc21)SCCC(=O)OC(C)C. The van der Waals surface area contributed by atoms with Gasteiger partial charge in [-0.1, -0.05) is 18.3 Å². The van der Waals surface area contributed by atoms with Crippen LogP contribution in [-0.2, 0) is 34.9 Å². The summed E-state index contributed by atoms with van der Waals surface area (Å²) < 4.78 is 32.0. The van der Waals surface area contributed by atoms with Gasteiger partial charge in [0.05, 0.1) is 38.1 Å². The monoisotopic (exact) mass is 544 g/mol. The van der Waals surface area contributed by atoms with E-state index in [-0.39, 0.29) is 49.1 Å². The molecule has 0 radical (unpaired) electrons. The summed E-state index contributed by atoms with van der Waals surface area (Å²) in [7, 11) is 0. The lowest BCUT2D eigenvalue weighted by atomic mass is 10.1. The van der Waals surface area contributed by atoms with Crippen LogP contribution in [0.5, 0.6) is 0 Å². The number of hydrogen-bond acceptors (Lipinski definition) is 11. The Morgan fingerprint density at radius 3 is 2.64 bits per heavy atom. The van der Waals surface area contributed by atoms with Crippen molar-refractivity contribution in [3.8, 4) is 0 Å². The quantitative estimate of drug-likeness (QED) is 0.249. The highest BCUT2D eigenvalue weighted by atomic mass is 32.7. The van der Waals surface area contributed by atoms with Gasteiger partial charge in [-0.2, -0.15) is 0 Å². The van der Waals surface area contributed by atoms with Crippen molar-refractivity contribution in [1.82, 2.24) is 24.6 Å². The van der Waals surface area contributed by atoms with Crippen LogP contribution < -0.4 is 10.8 Å². The second-order valence-electron chi connectivity index (χ2n) is 9.10. The summed E-state index contributed by atoms with van der Waals surface area (Å²) in [6, 6.07) is 0. The average Bonchev–Trinajstić information content (AvgIpc) is 3.19. The number of rotatable bonds is 15. The Bertz CT molecular complexity index is 1080. The standard InChI is InChI=1S/C22H37N6O6PS/c1-7-9-32-21(30)22(5,6)27-35(31,36-10-8-17(29)34-15(2)3)14-33-16(4)11-28-13-26-18-19(23)24-12-25-20(18)28/h12-13,15-16H,7-11,14H2,1-6H3,(H,27,31)(H2,23,24,25)/t16-,35-/m1/s1. The normalized spacial score (nSPS) is 14.5. The van der Waals surface area contributed by atoms with E-state index >= 15 is 0 Å². The van der Waals surface area contributed by atoms with Crippen molar-refractivity contribution in [3.05, 3.63) is 12.7 Å². The molecule has 2 rings (SSSR count). The highest BCUT2D eigenvalue weighted by Gasteiger charge is 2.38. The summed E-state index contributed by atoms with van der Waals surface area (Å²) in [5.74, 6) is -0.380. The van der Waals surface area contributed by atoms with Crippen molar-refractivity contribution in [2.45, 2.75) is 78.7 Å². The van der Waals surface area contributed by atoms with Crippen molar-refractivity contribution in [2.75, 3.05) is 24.4 Å². The molecule has 0 saturated heterocycles. The Kier molecular flexibility index (Phi) is 11.1. The highest BCUT2D eigenvalue weighted by Crippen LogP contribution is 2.56. The number of carbonyl (C=O) groups excluding carboxylic acids is 2. The summed E-state index contributed by atoms with van der Waals surface area (Å²) in [4.78, 5) is 36.9. The van der Waals surface area contributed by atoms with Crippen LogP contribution in [0.3, 0.4) is 0 Å². The van der Waals surface area contributed by atoms with Crippen LogP contribution in [-0.4, -0.2) is 67.9 Å². The average molecular weight is 545 g/mol. The molecule has 3 N–H and O–H groups in total. The molecule has 2 aromatic heterocycles. The molecule has 202 valence electrons. The van der Waals surface area contributed by atoms with Gasteiger partial charge in [0.2, 0.25) is 6.49 Å². The van der Waals surface area contributed by atoms with E-state index in [0.717, 1.165) is 11.4 Å². The number of hydrogen-bond donors (Lipinski definition) is 2. The maximum atomic E-state index is 13.9. The molecule has 0 amide bonds. The second-order valence-corrected chi connectivity index (χ2v) is 14.1. The summed E-state index contributed by atoms with van der Waals surface area (Å²) in [5.41, 5.74) is 5.68. The van der Waals surface area contributed by atoms with Crippen LogP contribution in [0.1, 0.15) is 54.4 Å². The molecule has 0 spiro atoms. The molecule has 2 atom stereocenters. The fraction of sp³-hybridized carbons (Fsp3) is 0.682. The number of anilines is 1. The predicted octanol–water partition coefficient (Wildman–Crippen LogP) is 3.36. The molecule has 0 aromatic carbocycles. The van der Waals surface area contributed by atoms with E-state index in [4.69, 9.17) is 19.9 Å². The van der Waals surface area contributed by atoms with Gasteiger partial charge in [-0.15, -0.1) is 0 Å². The summed E-state index contributed by atoms with van der Waals surface area (Å²) in [5, 5.41) is 2.95. The molecule has 14 heteroatoms. The van der Waals surface area contributed by atoms with Gasteiger partial charge >= 0.3 is 11.9 Å². The smallest absolute Gasteiger partial charge is 0.326 e. The molecule has 0 bridgehead atoms. The third kappa shape index (κ3) is 9.02. The van der Waals surface area contributed by atoms with E-state index in [9.17, 15) is 14.2 Å². The zero-order valence-electron chi connectivity index (χ0n) is 21.7. The first-order valence-electron chi connectivity index (χ1n) is 11.8. The van der Waals surface area contributed by atoms with Gasteiger partial charge in [0.1, 0.15) is 23.7 Å². The van der Waals surface area contributed by atoms with Crippen molar-refractivity contribution in [3.63, 3.8) is 0 Å². The highest BCUT2D eigenvalue weighted by molar-refractivity contribution is 8.57. The number of ether oxygens (including phenoxy) is 3. The fourth-order valence-corrected chi connectivity index (χ4v) is 7.73. The molecule has 0 aliphatic rings. The number of nitrogens with one attached hydrogen (secondary N) is 1. The Balaban J connectivity index is 2.08. The van der Waals surface area contributed by atoms with Crippen LogP contribution >= 0.6 is 17.9 Å². The molecule has 0 unspecified atom stereocenters. The lowest BCUT2D eigenvalue weighted by Gasteiger charge is -2.30. The predicted molar refractivity (Wildman–Crippen MR) is 140 cm³/mol. The van der Waals surface area contributed by atoms with Crippen molar-refractivity contribution in [2.24, 2.45) is 0 Å². The molecule has 12 nitrogen and oxygen atoms in total. The zero-order chi connectivity index (χ0) is 26.9. The fourth-order valence-electron chi connectivity index (χ4n) is 3.13. The second kappa shape index (κ2) is 13.4. The van der Waals surface area contributed by atoms with Gasteiger partial charge in [0, 0.05) is 5.75 Å². The Labute approximate surface area is 215 Å². The first kappa shape index (κ1) is 30.0. The molecule has 2 aromatic rings. The first-order chi connectivity index (χ1) is 16.9. The first-order valence-corrected chi connectivity index (χ1v) is 15.3. The van der Waals surface area contributed by atoms with E-state index in [1.807, 2.05) is 13.8 Å². The molecule has 0 aliphatic carbocycles. The molecule has 36 heavy (non-hydrogen) atoms. The summed E-state index contributed by atoms with van der Waals surface area (Å²) >= 11 is 1.06. The number of carbonyl (C=O) groups is 2. The minimum absolute atomic E-state index is 0.0763. The maximum absolute atomic E-state index is 13.9. The van der Waals surface area contributed by atoms with Crippen molar-refractivity contribution >= 4 is 46.8 Å². The largest absolute Gasteiger partial charge is 0.464 e. The van der Waals surface area contributed by atoms with Gasteiger partial charge in [0.15, 0.2) is 11.5 Å². The van der Waals surface area contributed by atoms with Crippen molar-refractivity contribution in [1.29, 1.82) is 0 Å². The number of esters is 2. The van der Waals surface area contributed by atoms with Crippen LogP contribution in [0.4, 0.5) is 5.82 Å². The van der Waals surface area contributed by atoms with Crippen molar-refractivity contribution < 1.29 is 28.4 Å². The lowest BCUT2D eigenvalue weighted by molar-refractivity contribution is -0.149. The number of aromatic nitrogens is 4. The van der Waals surface area contributed by atoms with Crippen LogP contribution in [0.25, 0.3) is 11.2 Å². The van der Waals surface area contributed by atoms with E-state index in [1.165, 1.54) is 6.33 Å². The Morgan fingerprint density at radius 1 is 1.25 bits per heavy atom. The number of nitrogens with two attached hydrogens (primary N) is 1. The van der Waals surface area contributed by atoms with E-state index < -0.39 is 18.0 Å². The molecule has 0 fully saturated rings. The summed E-state index contributed by atoms with van der Waals surface area (Å²) in [6.07, 6.45) is 2.92. The molecule has 0 aliphatic heterocycles. The van der Waals surface area contributed by atoms with Gasteiger partial charge in [0.25, 0.3) is 0 Å². The van der Waals surface area contributed by atoms with Gasteiger partial charge < -0.3 is 24.5 Å². The third-order valence-electron chi connectivity index (χ3n) is 4.78. The molecule has 2 heterocycles. The van der Waals surface area contributed by atoms with Crippen LogP contribution in [0.15, 0.2) is 12.7 Å². The minimum atomic E-state index is -3.35. The van der Waals surface area contributed by atoms with Crippen LogP contribution in [0, 0.1) is 0 Å². The Hall–Kier alpha value is -2.21. The molecular weight excluding hydrogens is 507 g/mol. The minimum Gasteiger partial charge on any atom is -0.464 e. The molecule has 0 saturated carbocycles. The number of nitrogen functional groups attached to an aromatic ring is 1. The number of fused-ring (bicyclic) bond motifs is 1. The maximum Gasteiger partial charge on any atom is 0.326 e.